The molecule has 144 valence electrons. The zero-order chi connectivity index (χ0) is 20.0. The van der Waals surface area contributed by atoms with Crippen LogP contribution in [0.15, 0.2) is 48.5 Å². The minimum absolute atomic E-state index is 0.0360. The number of benzene rings is 2. The van der Waals surface area contributed by atoms with Gasteiger partial charge in [0.1, 0.15) is 12.2 Å². The summed E-state index contributed by atoms with van der Waals surface area (Å²) in [6, 6.07) is 10.9. The van der Waals surface area contributed by atoms with Crippen molar-refractivity contribution in [2.75, 3.05) is 10.6 Å². The standard InChI is InChI=1S/C19H19F3N2O3/c1-12(2)27-16-9-4-3-8-15(16)24-18(26)11-17(25)23-14-7-5-6-13(10-14)19(20,21)22/h3-10,12H,11H2,1-2H3,(H,23,25)(H,24,26). The Balaban J connectivity index is 1.98. The third kappa shape index (κ3) is 6.32. The van der Waals surface area contributed by atoms with Crippen LogP contribution in [0.3, 0.4) is 0 Å². The van der Waals surface area contributed by atoms with E-state index < -0.39 is 30.0 Å². The Labute approximate surface area is 154 Å². The highest BCUT2D eigenvalue weighted by atomic mass is 19.4. The van der Waals surface area contributed by atoms with E-state index in [1.807, 2.05) is 13.8 Å². The Morgan fingerprint density at radius 1 is 1.00 bits per heavy atom. The maximum Gasteiger partial charge on any atom is 0.416 e. The second kappa shape index (κ2) is 8.57. The molecule has 0 atom stereocenters. The number of anilines is 2. The van der Waals surface area contributed by atoms with Gasteiger partial charge >= 0.3 is 6.18 Å². The molecule has 2 aromatic rings. The summed E-state index contributed by atoms with van der Waals surface area (Å²) in [6.07, 6.45) is -5.17. The van der Waals surface area contributed by atoms with E-state index in [9.17, 15) is 22.8 Å². The van der Waals surface area contributed by atoms with Gasteiger partial charge in [0.2, 0.25) is 11.8 Å². The summed E-state index contributed by atoms with van der Waals surface area (Å²) in [6.45, 7) is 3.67. The Morgan fingerprint density at radius 2 is 1.67 bits per heavy atom. The van der Waals surface area contributed by atoms with E-state index in [0.29, 0.717) is 11.4 Å². The topological polar surface area (TPSA) is 67.4 Å². The number of hydrogen-bond acceptors (Lipinski definition) is 3. The first-order valence-electron chi connectivity index (χ1n) is 8.18. The molecule has 0 saturated heterocycles. The van der Waals surface area contributed by atoms with E-state index >= 15 is 0 Å². The minimum Gasteiger partial charge on any atom is -0.489 e. The van der Waals surface area contributed by atoms with Crippen LogP contribution in [-0.2, 0) is 15.8 Å². The number of carbonyl (C=O) groups is 2. The van der Waals surface area contributed by atoms with Gasteiger partial charge in [-0.15, -0.1) is 0 Å². The molecule has 2 rings (SSSR count). The number of rotatable bonds is 6. The van der Waals surface area contributed by atoms with Crippen molar-refractivity contribution in [2.45, 2.75) is 32.5 Å². The fraction of sp³-hybridized carbons (Fsp3) is 0.263. The zero-order valence-corrected chi connectivity index (χ0v) is 14.8. The lowest BCUT2D eigenvalue weighted by atomic mass is 10.2. The predicted molar refractivity (Wildman–Crippen MR) is 95.5 cm³/mol. The fourth-order valence-electron chi connectivity index (χ4n) is 2.25. The number of para-hydroxylation sites is 2. The third-order valence-electron chi connectivity index (χ3n) is 3.32. The molecule has 0 aliphatic heterocycles. The lowest BCUT2D eigenvalue weighted by Gasteiger charge is -2.14. The lowest BCUT2D eigenvalue weighted by molar-refractivity contribution is -0.137. The number of hydrogen-bond donors (Lipinski definition) is 2. The average molecular weight is 380 g/mol. The van der Waals surface area contributed by atoms with Crippen molar-refractivity contribution in [3.05, 3.63) is 54.1 Å². The van der Waals surface area contributed by atoms with E-state index in [1.165, 1.54) is 12.1 Å². The van der Waals surface area contributed by atoms with Gasteiger partial charge in [-0.25, -0.2) is 0 Å². The molecule has 2 aromatic carbocycles. The van der Waals surface area contributed by atoms with Gasteiger partial charge in [0.15, 0.2) is 0 Å². The minimum atomic E-state index is -4.52. The number of carbonyl (C=O) groups excluding carboxylic acids is 2. The van der Waals surface area contributed by atoms with Gasteiger partial charge in [-0.3, -0.25) is 9.59 Å². The van der Waals surface area contributed by atoms with Gasteiger partial charge in [0.25, 0.3) is 0 Å². The van der Waals surface area contributed by atoms with Gasteiger partial charge in [0.05, 0.1) is 17.4 Å². The quantitative estimate of drug-likeness (QED) is 0.727. The number of halogens is 3. The summed E-state index contributed by atoms with van der Waals surface area (Å²) < 4.78 is 43.7. The smallest absolute Gasteiger partial charge is 0.416 e. The molecule has 0 saturated carbocycles. The first-order chi connectivity index (χ1) is 12.6. The second-order valence-corrected chi connectivity index (χ2v) is 6.01. The van der Waals surface area contributed by atoms with E-state index in [-0.39, 0.29) is 11.8 Å². The molecule has 0 aliphatic carbocycles. The first kappa shape index (κ1) is 20.3. The Bertz CT molecular complexity index is 820. The SMILES string of the molecule is CC(C)Oc1ccccc1NC(=O)CC(=O)Nc1cccc(C(F)(F)F)c1. The summed E-state index contributed by atoms with van der Waals surface area (Å²) >= 11 is 0. The molecule has 0 bridgehead atoms. The average Bonchev–Trinajstić information content (AvgIpc) is 2.55. The largest absolute Gasteiger partial charge is 0.489 e. The monoisotopic (exact) mass is 380 g/mol. The van der Waals surface area contributed by atoms with Crippen molar-refractivity contribution in [1.29, 1.82) is 0 Å². The van der Waals surface area contributed by atoms with Crippen molar-refractivity contribution in [1.82, 2.24) is 0 Å². The molecule has 27 heavy (non-hydrogen) atoms. The molecule has 0 fully saturated rings. The zero-order valence-electron chi connectivity index (χ0n) is 14.8. The van der Waals surface area contributed by atoms with Crippen molar-refractivity contribution in [3.63, 3.8) is 0 Å². The van der Waals surface area contributed by atoms with Crippen LogP contribution >= 0.6 is 0 Å². The summed E-state index contributed by atoms with van der Waals surface area (Å²) in [5.41, 5.74) is -0.515. The van der Waals surface area contributed by atoms with Crippen LogP contribution in [0.5, 0.6) is 5.75 Å². The van der Waals surface area contributed by atoms with E-state index in [4.69, 9.17) is 4.74 Å². The summed E-state index contributed by atoms with van der Waals surface area (Å²) in [5.74, 6) is -0.882. The maximum absolute atomic E-state index is 12.7. The highest BCUT2D eigenvalue weighted by molar-refractivity contribution is 6.08. The van der Waals surface area contributed by atoms with Crippen LogP contribution in [0.25, 0.3) is 0 Å². The second-order valence-electron chi connectivity index (χ2n) is 6.01. The Morgan fingerprint density at radius 3 is 2.33 bits per heavy atom. The maximum atomic E-state index is 12.7. The van der Waals surface area contributed by atoms with Crippen molar-refractivity contribution in [3.8, 4) is 5.75 Å². The Hall–Kier alpha value is -3.03. The highest BCUT2D eigenvalue weighted by Gasteiger charge is 2.30. The van der Waals surface area contributed by atoms with Crippen LogP contribution in [0, 0.1) is 0 Å². The highest BCUT2D eigenvalue weighted by Crippen LogP contribution is 2.30. The van der Waals surface area contributed by atoms with Crippen molar-refractivity contribution in [2.24, 2.45) is 0 Å². The van der Waals surface area contributed by atoms with Crippen molar-refractivity contribution >= 4 is 23.2 Å². The van der Waals surface area contributed by atoms with E-state index in [0.717, 1.165) is 12.1 Å². The molecule has 2 amide bonds. The van der Waals surface area contributed by atoms with Gasteiger partial charge in [-0.2, -0.15) is 13.2 Å². The van der Waals surface area contributed by atoms with Gasteiger partial charge in [0, 0.05) is 5.69 Å². The first-order valence-corrected chi connectivity index (χ1v) is 8.18. The van der Waals surface area contributed by atoms with Crippen LogP contribution in [0.2, 0.25) is 0 Å². The molecule has 0 aromatic heterocycles. The summed E-state index contributed by atoms with van der Waals surface area (Å²) in [4.78, 5) is 24.0. The Kier molecular flexibility index (Phi) is 6.44. The molecule has 0 unspecified atom stereocenters. The number of nitrogens with one attached hydrogen (secondary N) is 2. The van der Waals surface area contributed by atoms with E-state index in [2.05, 4.69) is 10.6 Å². The molecule has 0 heterocycles. The predicted octanol–water partition coefficient (Wildman–Crippen LogP) is 4.46. The number of ether oxygens (including phenoxy) is 1. The van der Waals surface area contributed by atoms with Crippen LogP contribution in [0.4, 0.5) is 24.5 Å². The van der Waals surface area contributed by atoms with Crippen molar-refractivity contribution < 1.29 is 27.5 Å². The lowest BCUT2D eigenvalue weighted by Crippen LogP contribution is -2.22. The molecular formula is C19H19F3N2O3. The summed E-state index contributed by atoms with van der Waals surface area (Å²) in [5, 5.41) is 4.85. The molecule has 0 radical (unpaired) electrons. The fourth-order valence-corrected chi connectivity index (χ4v) is 2.25. The molecule has 0 aliphatic rings. The molecular weight excluding hydrogens is 361 g/mol. The molecule has 5 nitrogen and oxygen atoms in total. The molecule has 2 N–H and O–H groups in total. The van der Waals surface area contributed by atoms with E-state index in [1.54, 1.807) is 24.3 Å². The van der Waals surface area contributed by atoms with Crippen LogP contribution in [0.1, 0.15) is 25.8 Å². The summed E-state index contributed by atoms with van der Waals surface area (Å²) in [7, 11) is 0. The molecule has 8 heteroatoms. The van der Waals surface area contributed by atoms with Gasteiger partial charge < -0.3 is 15.4 Å². The van der Waals surface area contributed by atoms with Crippen LogP contribution in [-0.4, -0.2) is 17.9 Å². The van der Waals surface area contributed by atoms with Crippen LogP contribution < -0.4 is 15.4 Å². The number of alkyl halides is 3. The normalized spacial score (nSPS) is 11.2. The van der Waals surface area contributed by atoms with Gasteiger partial charge in [-0.1, -0.05) is 18.2 Å². The third-order valence-corrected chi connectivity index (χ3v) is 3.32. The van der Waals surface area contributed by atoms with Gasteiger partial charge in [-0.05, 0) is 44.2 Å². The molecule has 0 spiro atoms. The number of amides is 2.